The lowest BCUT2D eigenvalue weighted by molar-refractivity contribution is 0.516. The summed E-state index contributed by atoms with van der Waals surface area (Å²) >= 11 is 5.99. The van der Waals surface area contributed by atoms with Crippen LogP contribution in [0.1, 0.15) is 31.7 Å². The van der Waals surface area contributed by atoms with Gasteiger partial charge in [0.15, 0.2) is 0 Å². The summed E-state index contributed by atoms with van der Waals surface area (Å²) in [5, 5.41) is 0.235. The third kappa shape index (κ3) is 4.76. The molecule has 0 saturated heterocycles. The second-order valence-electron chi connectivity index (χ2n) is 4.63. The van der Waals surface area contributed by atoms with Crippen molar-refractivity contribution in [1.29, 1.82) is 0 Å². The molecule has 1 aromatic carbocycles. The van der Waals surface area contributed by atoms with Gasteiger partial charge in [0, 0.05) is 12.6 Å². The number of hydrogen-bond acceptors (Lipinski definition) is 3. The number of nitrogens with two attached hydrogens (primary N) is 1. The Bertz CT molecular complexity index is 517. The van der Waals surface area contributed by atoms with Crippen LogP contribution in [0.4, 0.5) is 0 Å². The Morgan fingerprint density at radius 2 is 2.11 bits per heavy atom. The molecule has 0 spiro atoms. The van der Waals surface area contributed by atoms with Gasteiger partial charge in [-0.25, -0.2) is 13.1 Å². The van der Waals surface area contributed by atoms with Crippen LogP contribution in [-0.2, 0) is 10.0 Å². The van der Waals surface area contributed by atoms with Gasteiger partial charge >= 0.3 is 0 Å². The number of nitrogens with one attached hydrogen (secondary N) is 1. The van der Waals surface area contributed by atoms with E-state index in [1.54, 1.807) is 12.1 Å². The van der Waals surface area contributed by atoms with Crippen molar-refractivity contribution in [3.05, 3.63) is 28.8 Å². The maximum atomic E-state index is 12.2. The van der Waals surface area contributed by atoms with Gasteiger partial charge in [-0.1, -0.05) is 37.4 Å². The van der Waals surface area contributed by atoms with Gasteiger partial charge in [0.2, 0.25) is 10.0 Å². The molecular formula is C13H21ClN2O2S. The molecule has 1 unspecified atom stereocenters. The Hall–Kier alpha value is -0.620. The molecule has 0 fully saturated rings. The molecule has 0 radical (unpaired) electrons. The number of sulfonamides is 1. The second-order valence-corrected chi connectivity index (χ2v) is 6.72. The fraction of sp³-hybridized carbons (Fsp3) is 0.538. The molecule has 0 saturated carbocycles. The van der Waals surface area contributed by atoms with Crippen LogP contribution in [0, 0.1) is 6.92 Å². The van der Waals surface area contributed by atoms with Gasteiger partial charge in [-0.2, -0.15) is 0 Å². The van der Waals surface area contributed by atoms with E-state index in [9.17, 15) is 8.42 Å². The highest BCUT2D eigenvalue weighted by Gasteiger charge is 2.21. The van der Waals surface area contributed by atoms with Gasteiger partial charge < -0.3 is 5.73 Å². The van der Waals surface area contributed by atoms with Crippen molar-refractivity contribution in [3.63, 3.8) is 0 Å². The van der Waals surface area contributed by atoms with Crippen molar-refractivity contribution < 1.29 is 8.42 Å². The van der Waals surface area contributed by atoms with E-state index < -0.39 is 10.0 Å². The fourth-order valence-electron chi connectivity index (χ4n) is 1.78. The highest BCUT2D eigenvalue weighted by atomic mass is 35.5. The first-order valence-corrected chi connectivity index (χ1v) is 8.25. The number of benzene rings is 1. The summed E-state index contributed by atoms with van der Waals surface area (Å²) in [6, 6.07) is 4.64. The molecule has 1 aromatic rings. The SMILES string of the molecule is CCCCC(CN)NS(=O)(=O)c1ccc(C)cc1Cl. The van der Waals surface area contributed by atoms with Crippen molar-refractivity contribution in [2.75, 3.05) is 6.54 Å². The van der Waals surface area contributed by atoms with Gasteiger partial charge in [-0.15, -0.1) is 0 Å². The third-order valence-electron chi connectivity index (χ3n) is 2.89. The molecule has 3 N–H and O–H groups in total. The van der Waals surface area contributed by atoms with Crippen LogP contribution in [0.15, 0.2) is 23.1 Å². The van der Waals surface area contributed by atoms with Crippen LogP contribution in [0.25, 0.3) is 0 Å². The van der Waals surface area contributed by atoms with Gasteiger partial charge in [-0.05, 0) is 31.0 Å². The molecule has 0 heterocycles. The van der Waals surface area contributed by atoms with Gasteiger partial charge in [0.1, 0.15) is 4.90 Å². The molecule has 0 aromatic heterocycles. The minimum absolute atomic E-state index is 0.106. The molecule has 19 heavy (non-hydrogen) atoms. The molecular weight excluding hydrogens is 284 g/mol. The molecule has 0 aliphatic rings. The van der Waals surface area contributed by atoms with E-state index in [-0.39, 0.29) is 22.5 Å². The van der Waals surface area contributed by atoms with Crippen molar-refractivity contribution in [2.24, 2.45) is 5.73 Å². The Morgan fingerprint density at radius 1 is 1.42 bits per heavy atom. The minimum atomic E-state index is -3.61. The van der Waals surface area contributed by atoms with Crippen LogP contribution in [0.3, 0.4) is 0 Å². The Balaban J connectivity index is 2.90. The highest BCUT2D eigenvalue weighted by molar-refractivity contribution is 7.89. The molecule has 6 heteroatoms. The van der Waals surface area contributed by atoms with E-state index in [1.807, 2.05) is 6.92 Å². The van der Waals surface area contributed by atoms with Crippen LogP contribution in [0.5, 0.6) is 0 Å². The van der Waals surface area contributed by atoms with E-state index >= 15 is 0 Å². The van der Waals surface area contributed by atoms with E-state index in [2.05, 4.69) is 11.6 Å². The number of rotatable bonds is 7. The second kappa shape index (κ2) is 7.24. The normalized spacial score (nSPS) is 13.5. The zero-order valence-corrected chi connectivity index (χ0v) is 12.9. The largest absolute Gasteiger partial charge is 0.329 e. The van der Waals surface area contributed by atoms with E-state index in [4.69, 9.17) is 17.3 Å². The van der Waals surface area contributed by atoms with Crippen LogP contribution in [0.2, 0.25) is 5.02 Å². The number of halogens is 1. The topological polar surface area (TPSA) is 72.2 Å². The summed E-state index contributed by atoms with van der Waals surface area (Å²) < 4.78 is 27.1. The van der Waals surface area contributed by atoms with Crippen molar-refractivity contribution in [2.45, 2.75) is 44.0 Å². The summed E-state index contributed by atoms with van der Waals surface area (Å²) in [6.45, 7) is 4.20. The lowest BCUT2D eigenvalue weighted by Gasteiger charge is -2.17. The maximum absolute atomic E-state index is 12.2. The number of aryl methyl sites for hydroxylation is 1. The lowest BCUT2D eigenvalue weighted by Crippen LogP contribution is -2.40. The maximum Gasteiger partial charge on any atom is 0.242 e. The summed E-state index contributed by atoms with van der Waals surface area (Å²) in [4.78, 5) is 0.106. The number of unbranched alkanes of at least 4 members (excludes halogenated alkanes) is 1. The average molecular weight is 305 g/mol. The molecule has 108 valence electrons. The van der Waals surface area contributed by atoms with Gasteiger partial charge in [0.05, 0.1) is 5.02 Å². The molecule has 1 atom stereocenters. The summed E-state index contributed by atoms with van der Waals surface area (Å²) in [5.41, 5.74) is 6.52. The average Bonchev–Trinajstić information content (AvgIpc) is 2.33. The first kappa shape index (κ1) is 16.4. The molecule has 4 nitrogen and oxygen atoms in total. The molecule has 0 amide bonds. The zero-order valence-electron chi connectivity index (χ0n) is 11.3. The Morgan fingerprint density at radius 3 is 2.63 bits per heavy atom. The predicted molar refractivity (Wildman–Crippen MR) is 78.9 cm³/mol. The Kier molecular flexibility index (Phi) is 6.26. The smallest absolute Gasteiger partial charge is 0.242 e. The minimum Gasteiger partial charge on any atom is -0.329 e. The van der Waals surface area contributed by atoms with Crippen LogP contribution >= 0.6 is 11.6 Å². The summed E-state index contributed by atoms with van der Waals surface area (Å²) in [5.74, 6) is 0. The van der Waals surface area contributed by atoms with Crippen molar-refractivity contribution in [3.8, 4) is 0 Å². The molecule has 0 aliphatic heterocycles. The molecule has 0 bridgehead atoms. The first-order valence-electron chi connectivity index (χ1n) is 6.39. The van der Waals surface area contributed by atoms with E-state index in [1.165, 1.54) is 6.07 Å². The summed E-state index contributed by atoms with van der Waals surface area (Å²) in [6.07, 6.45) is 2.67. The van der Waals surface area contributed by atoms with Crippen molar-refractivity contribution >= 4 is 21.6 Å². The van der Waals surface area contributed by atoms with Crippen LogP contribution < -0.4 is 10.5 Å². The quantitative estimate of drug-likeness (QED) is 0.812. The van der Waals surface area contributed by atoms with E-state index in [0.717, 1.165) is 24.8 Å². The fourth-order valence-corrected chi connectivity index (χ4v) is 3.66. The first-order chi connectivity index (χ1) is 8.90. The monoisotopic (exact) mass is 304 g/mol. The molecule has 0 aliphatic carbocycles. The van der Waals surface area contributed by atoms with E-state index in [0.29, 0.717) is 0 Å². The molecule has 1 rings (SSSR count). The number of hydrogen-bond donors (Lipinski definition) is 2. The van der Waals surface area contributed by atoms with Crippen LogP contribution in [-0.4, -0.2) is 21.0 Å². The zero-order chi connectivity index (χ0) is 14.5. The summed E-state index contributed by atoms with van der Waals surface area (Å²) in [7, 11) is -3.61. The lowest BCUT2D eigenvalue weighted by atomic mass is 10.1. The standard InChI is InChI=1S/C13H21ClN2O2S/c1-3-4-5-11(9-15)16-19(17,18)13-7-6-10(2)8-12(13)14/h6-8,11,16H,3-5,9,15H2,1-2H3. The van der Waals surface area contributed by atoms with Gasteiger partial charge in [-0.3, -0.25) is 0 Å². The highest BCUT2D eigenvalue weighted by Crippen LogP contribution is 2.22. The van der Waals surface area contributed by atoms with Gasteiger partial charge in [0.25, 0.3) is 0 Å². The van der Waals surface area contributed by atoms with Crippen molar-refractivity contribution in [1.82, 2.24) is 4.72 Å². The predicted octanol–water partition coefficient (Wildman–Crippen LogP) is 2.44. The third-order valence-corrected chi connectivity index (χ3v) is 4.89. The Labute approximate surface area is 120 Å².